The van der Waals surface area contributed by atoms with Gasteiger partial charge in [-0.25, -0.2) is 13.6 Å². The van der Waals surface area contributed by atoms with Crippen LogP contribution in [0.4, 0.5) is 19.3 Å². The summed E-state index contributed by atoms with van der Waals surface area (Å²) < 4.78 is 27.2. The fraction of sp³-hybridized carbons (Fsp3) is 0.294. The number of urea groups is 1. The average molecular weight is 417 g/mol. The van der Waals surface area contributed by atoms with Gasteiger partial charge in [-0.05, 0) is 37.6 Å². The zero-order valence-corrected chi connectivity index (χ0v) is 15.8. The fourth-order valence-electron chi connectivity index (χ4n) is 2.83. The Labute approximate surface area is 164 Å². The average Bonchev–Trinajstić information content (AvgIpc) is 2.98. The van der Waals surface area contributed by atoms with Gasteiger partial charge < -0.3 is 21.7 Å². The minimum Gasteiger partial charge on any atom is -0.351 e. The Bertz CT molecular complexity index is 840. The SMILES string of the molecule is Cl.NC(=O)Nc1cc(-c2ccc(F)cc2F)sc1C(=O)N[C@H]1CCCNC1. The summed E-state index contributed by atoms with van der Waals surface area (Å²) in [5.74, 6) is -1.82. The normalized spacial score (nSPS) is 16.3. The van der Waals surface area contributed by atoms with Crippen LogP contribution in [0, 0.1) is 11.6 Å². The topological polar surface area (TPSA) is 96.2 Å². The lowest BCUT2D eigenvalue weighted by Gasteiger charge is -2.23. The lowest BCUT2D eigenvalue weighted by molar-refractivity contribution is 0.0935. The summed E-state index contributed by atoms with van der Waals surface area (Å²) in [6.07, 6.45) is 1.80. The lowest BCUT2D eigenvalue weighted by Crippen LogP contribution is -2.45. The molecule has 1 aromatic carbocycles. The molecule has 3 rings (SSSR count). The molecule has 0 aliphatic carbocycles. The predicted octanol–water partition coefficient (Wildman–Crippen LogP) is 3.09. The second kappa shape index (κ2) is 9.12. The van der Waals surface area contributed by atoms with Gasteiger partial charge in [-0.3, -0.25) is 4.79 Å². The minimum absolute atomic E-state index is 0. The van der Waals surface area contributed by atoms with Crippen molar-refractivity contribution in [1.29, 1.82) is 0 Å². The number of anilines is 1. The van der Waals surface area contributed by atoms with Crippen molar-refractivity contribution < 1.29 is 18.4 Å². The van der Waals surface area contributed by atoms with Gasteiger partial charge in [-0.2, -0.15) is 0 Å². The first-order valence-corrected chi connectivity index (χ1v) is 8.93. The van der Waals surface area contributed by atoms with Crippen LogP contribution in [-0.4, -0.2) is 31.1 Å². The van der Waals surface area contributed by atoms with E-state index in [0.717, 1.165) is 42.9 Å². The largest absolute Gasteiger partial charge is 0.351 e. The number of halogens is 3. The number of hydrogen-bond acceptors (Lipinski definition) is 4. The second-order valence-corrected chi connectivity index (χ2v) is 7.04. The van der Waals surface area contributed by atoms with Crippen molar-refractivity contribution in [2.45, 2.75) is 18.9 Å². The first-order valence-electron chi connectivity index (χ1n) is 8.11. The Kier molecular flexibility index (Phi) is 7.11. The highest BCUT2D eigenvalue weighted by Gasteiger charge is 2.23. The molecule has 10 heteroatoms. The molecule has 1 atom stereocenters. The molecule has 146 valence electrons. The molecule has 0 radical (unpaired) electrons. The number of piperidine rings is 1. The van der Waals surface area contributed by atoms with Crippen molar-refractivity contribution in [2.75, 3.05) is 18.4 Å². The van der Waals surface area contributed by atoms with E-state index in [1.54, 1.807) is 0 Å². The van der Waals surface area contributed by atoms with Crippen LogP contribution in [0.1, 0.15) is 22.5 Å². The van der Waals surface area contributed by atoms with Crippen LogP contribution in [0.25, 0.3) is 10.4 Å². The van der Waals surface area contributed by atoms with Gasteiger partial charge in [0.1, 0.15) is 16.5 Å². The van der Waals surface area contributed by atoms with Crippen LogP contribution in [0.3, 0.4) is 0 Å². The molecule has 1 aromatic heterocycles. The zero-order valence-electron chi connectivity index (χ0n) is 14.2. The number of carbonyl (C=O) groups excluding carboxylic acids is 2. The summed E-state index contributed by atoms with van der Waals surface area (Å²) in [4.78, 5) is 24.5. The molecule has 27 heavy (non-hydrogen) atoms. The van der Waals surface area contributed by atoms with Crippen LogP contribution in [-0.2, 0) is 0 Å². The number of primary amides is 1. The Morgan fingerprint density at radius 1 is 1.26 bits per heavy atom. The van der Waals surface area contributed by atoms with E-state index in [4.69, 9.17) is 5.73 Å². The summed E-state index contributed by atoms with van der Waals surface area (Å²) in [6, 6.07) is 3.79. The van der Waals surface area contributed by atoms with Gasteiger partial charge in [-0.15, -0.1) is 23.7 Å². The molecular weight excluding hydrogens is 398 g/mol. The van der Waals surface area contributed by atoms with Crippen molar-refractivity contribution in [1.82, 2.24) is 10.6 Å². The van der Waals surface area contributed by atoms with Gasteiger partial charge in [0.2, 0.25) is 0 Å². The van der Waals surface area contributed by atoms with Gasteiger partial charge in [0.05, 0.1) is 5.69 Å². The van der Waals surface area contributed by atoms with E-state index in [0.29, 0.717) is 11.4 Å². The molecule has 6 nitrogen and oxygen atoms in total. The predicted molar refractivity (Wildman–Crippen MR) is 103 cm³/mol. The van der Waals surface area contributed by atoms with Gasteiger partial charge in [0.15, 0.2) is 0 Å². The van der Waals surface area contributed by atoms with Gasteiger partial charge in [-0.1, -0.05) is 0 Å². The van der Waals surface area contributed by atoms with Gasteiger partial charge in [0, 0.05) is 29.1 Å². The van der Waals surface area contributed by atoms with E-state index in [1.807, 2.05) is 0 Å². The smallest absolute Gasteiger partial charge is 0.316 e. The van der Waals surface area contributed by atoms with E-state index in [-0.39, 0.29) is 40.5 Å². The van der Waals surface area contributed by atoms with Crippen LogP contribution >= 0.6 is 23.7 Å². The Morgan fingerprint density at radius 2 is 2.04 bits per heavy atom. The molecule has 0 bridgehead atoms. The van der Waals surface area contributed by atoms with E-state index in [1.165, 1.54) is 12.1 Å². The van der Waals surface area contributed by atoms with E-state index in [2.05, 4.69) is 16.0 Å². The maximum atomic E-state index is 14.1. The molecule has 1 saturated heterocycles. The molecule has 3 amide bonds. The molecule has 0 spiro atoms. The summed E-state index contributed by atoms with van der Waals surface area (Å²) in [7, 11) is 0. The minimum atomic E-state index is -0.831. The standard InChI is InChI=1S/C17H18F2N4O2S.ClH/c18-9-3-4-11(12(19)6-9)14-7-13(23-17(20)25)15(26-14)16(24)22-10-2-1-5-21-8-10;/h3-4,6-7,10,21H,1-2,5,8H2,(H,22,24)(H3,20,23,25);1H/t10-;/m0./s1. The first kappa shape index (κ1) is 21.1. The number of rotatable bonds is 4. The van der Waals surface area contributed by atoms with Crippen molar-refractivity contribution in [3.05, 3.63) is 40.8 Å². The summed E-state index contributed by atoms with van der Waals surface area (Å²) in [5.41, 5.74) is 5.50. The van der Waals surface area contributed by atoms with Crippen molar-refractivity contribution >= 4 is 41.4 Å². The lowest BCUT2D eigenvalue weighted by atomic mass is 10.1. The molecule has 2 aromatic rings. The number of nitrogens with two attached hydrogens (primary N) is 1. The van der Waals surface area contributed by atoms with Gasteiger partial charge >= 0.3 is 6.03 Å². The number of amides is 3. The second-order valence-electron chi connectivity index (χ2n) is 5.98. The van der Waals surface area contributed by atoms with Gasteiger partial charge in [0.25, 0.3) is 5.91 Å². The first-order chi connectivity index (χ1) is 12.4. The quantitative estimate of drug-likeness (QED) is 0.616. The number of benzene rings is 1. The third kappa shape index (κ3) is 5.15. The van der Waals surface area contributed by atoms with Crippen LogP contribution in [0.2, 0.25) is 0 Å². The third-order valence-corrected chi connectivity index (χ3v) is 5.19. The highest BCUT2D eigenvalue weighted by molar-refractivity contribution is 7.18. The Balaban J connectivity index is 0.00000261. The highest BCUT2D eigenvalue weighted by atomic mass is 35.5. The Morgan fingerprint density at radius 3 is 2.67 bits per heavy atom. The number of hydrogen-bond donors (Lipinski definition) is 4. The monoisotopic (exact) mass is 416 g/mol. The van der Waals surface area contributed by atoms with Crippen LogP contribution in [0.5, 0.6) is 0 Å². The molecule has 1 fully saturated rings. The van der Waals surface area contributed by atoms with Crippen LogP contribution < -0.4 is 21.7 Å². The van der Waals surface area contributed by atoms with Crippen LogP contribution in [0.15, 0.2) is 24.3 Å². The maximum absolute atomic E-state index is 14.1. The number of nitrogens with one attached hydrogen (secondary N) is 3. The highest BCUT2D eigenvalue weighted by Crippen LogP contribution is 2.36. The molecular formula is C17H19ClF2N4O2S. The Hall–Kier alpha value is -2.23. The molecule has 5 N–H and O–H groups in total. The molecule has 2 heterocycles. The van der Waals surface area contributed by atoms with Crippen molar-refractivity contribution in [2.24, 2.45) is 5.73 Å². The molecule has 1 aliphatic heterocycles. The summed E-state index contributed by atoms with van der Waals surface area (Å²) >= 11 is 1.01. The molecule has 1 aliphatic rings. The van der Waals surface area contributed by atoms with E-state index in [9.17, 15) is 18.4 Å². The third-order valence-electron chi connectivity index (χ3n) is 4.02. The summed E-state index contributed by atoms with van der Waals surface area (Å²) in [6.45, 7) is 1.57. The van der Waals surface area contributed by atoms with Crippen molar-refractivity contribution in [3.63, 3.8) is 0 Å². The molecule has 0 saturated carbocycles. The maximum Gasteiger partial charge on any atom is 0.316 e. The molecule has 0 unspecified atom stereocenters. The van der Waals surface area contributed by atoms with E-state index >= 15 is 0 Å². The van der Waals surface area contributed by atoms with Crippen molar-refractivity contribution in [3.8, 4) is 10.4 Å². The van der Waals surface area contributed by atoms with E-state index < -0.39 is 17.7 Å². The number of carbonyl (C=O) groups is 2. The fourth-order valence-corrected chi connectivity index (χ4v) is 3.88. The summed E-state index contributed by atoms with van der Waals surface area (Å²) in [5, 5.41) is 8.49. The number of thiophene rings is 1. The zero-order chi connectivity index (χ0) is 18.7.